The van der Waals surface area contributed by atoms with Crippen LogP contribution in [-0.2, 0) is 16.1 Å². The highest BCUT2D eigenvalue weighted by Crippen LogP contribution is 2.43. The molecule has 0 unspecified atom stereocenters. The highest BCUT2D eigenvalue weighted by molar-refractivity contribution is 8.16. The summed E-state index contributed by atoms with van der Waals surface area (Å²) in [5.74, 6) is 0.889. The average Bonchev–Trinajstić information content (AvgIpc) is 3.25. The zero-order valence-electron chi connectivity index (χ0n) is 17.7. The molecule has 160 valence electrons. The van der Waals surface area contributed by atoms with Crippen LogP contribution in [-0.4, -0.2) is 29.8 Å². The monoisotopic (exact) mass is 436 g/mol. The highest BCUT2D eigenvalue weighted by Gasteiger charge is 2.37. The lowest BCUT2D eigenvalue weighted by molar-refractivity contribution is -0.139. The van der Waals surface area contributed by atoms with E-state index in [1.54, 1.807) is 14.0 Å². The number of carbonyl (C=O) groups is 1. The fourth-order valence-electron chi connectivity index (χ4n) is 3.61. The van der Waals surface area contributed by atoms with Gasteiger partial charge in [0.15, 0.2) is 16.7 Å². The summed E-state index contributed by atoms with van der Waals surface area (Å²) >= 11 is 1.53. The maximum absolute atomic E-state index is 12.8. The summed E-state index contributed by atoms with van der Waals surface area (Å²) in [5, 5.41) is 2.79. The summed E-state index contributed by atoms with van der Waals surface area (Å²) in [5.41, 5.74) is 3.15. The first-order valence-corrected chi connectivity index (χ1v) is 10.9. The molecule has 0 radical (unpaired) electrons. The number of fused-ring (bicyclic) bond motifs is 1. The summed E-state index contributed by atoms with van der Waals surface area (Å²) in [6.45, 7) is 4.39. The van der Waals surface area contributed by atoms with E-state index in [-0.39, 0.29) is 12.0 Å². The van der Waals surface area contributed by atoms with Crippen molar-refractivity contribution in [2.45, 2.75) is 26.5 Å². The Morgan fingerprint density at radius 2 is 1.97 bits per heavy atom. The van der Waals surface area contributed by atoms with Gasteiger partial charge >= 0.3 is 5.97 Å². The Bertz CT molecular complexity index is 1060. The lowest BCUT2D eigenvalue weighted by Crippen LogP contribution is -2.34. The second kappa shape index (κ2) is 9.31. The minimum absolute atomic E-state index is 0.305. The molecule has 7 heteroatoms. The number of allylic oxidation sites excluding steroid dienone is 1. The smallest absolute Gasteiger partial charge is 0.338 e. The number of carbonyl (C=O) groups excluding carboxylic acids is 1. The van der Waals surface area contributed by atoms with Gasteiger partial charge < -0.3 is 19.1 Å². The Labute approximate surface area is 186 Å². The van der Waals surface area contributed by atoms with E-state index in [0.717, 1.165) is 16.3 Å². The van der Waals surface area contributed by atoms with Crippen molar-refractivity contribution in [1.29, 1.82) is 0 Å². The van der Waals surface area contributed by atoms with E-state index in [4.69, 9.17) is 14.2 Å². The zero-order valence-corrected chi connectivity index (χ0v) is 18.5. The van der Waals surface area contributed by atoms with E-state index in [2.05, 4.69) is 4.99 Å². The van der Waals surface area contributed by atoms with Crippen molar-refractivity contribution in [3.8, 4) is 11.5 Å². The van der Waals surface area contributed by atoms with Gasteiger partial charge in [-0.25, -0.2) is 9.79 Å². The van der Waals surface area contributed by atoms with Crippen LogP contribution in [0.1, 0.15) is 31.0 Å². The van der Waals surface area contributed by atoms with Crippen LogP contribution in [0.25, 0.3) is 0 Å². The SMILES string of the molecule is CCOC(=O)C1=C(C)N=C2SC=CN2[C@@H]1c1ccc(OCc2ccccc2)c(OC)c1. The van der Waals surface area contributed by atoms with Crippen molar-refractivity contribution < 1.29 is 19.0 Å². The molecule has 0 bridgehead atoms. The number of nitrogens with zero attached hydrogens (tertiary/aromatic N) is 2. The third-order valence-electron chi connectivity index (χ3n) is 5.06. The van der Waals surface area contributed by atoms with Crippen molar-refractivity contribution in [2.75, 3.05) is 13.7 Å². The number of ether oxygens (including phenoxy) is 3. The van der Waals surface area contributed by atoms with Gasteiger partial charge in [-0.1, -0.05) is 48.2 Å². The van der Waals surface area contributed by atoms with Crippen LogP contribution >= 0.6 is 11.8 Å². The molecule has 0 amide bonds. The van der Waals surface area contributed by atoms with Gasteiger partial charge in [0.2, 0.25) is 0 Å². The third-order valence-corrected chi connectivity index (χ3v) is 5.83. The van der Waals surface area contributed by atoms with Crippen LogP contribution < -0.4 is 9.47 Å². The quantitative estimate of drug-likeness (QED) is 0.567. The van der Waals surface area contributed by atoms with Gasteiger partial charge in [0, 0.05) is 6.20 Å². The minimum atomic E-state index is -0.360. The Morgan fingerprint density at radius 3 is 2.71 bits per heavy atom. The number of aliphatic imine (C=N–C) groups is 1. The summed E-state index contributed by atoms with van der Waals surface area (Å²) in [6.07, 6.45) is 1.94. The molecule has 0 saturated heterocycles. The molecule has 0 N–H and O–H groups in total. The zero-order chi connectivity index (χ0) is 21.8. The summed E-state index contributed by atoms with van der Waals surface area (Å²) < 4.78 is 17.0. The van der Waals surface area contributed by atoms with Crippen LogP contribution in [0.4, 0.5) is 0 Å². The van der Waals surface area contributed by atoms with Gasteiger partial charge in [-0.05, 0) is 42.5 Å². The Hall–Kier alpha value is -3.19. The van der Waals surface area contributed by atoms with Crippen molar-refractivity contribution >= 4 is 22.9 Å². The highest BCUT2D eigenvalue weighted by atomic mass is 32.2. The maximum atomic E-state index is 12.8. The molecule has 0 fully saturated rings. The van der Waals surface area contributed by atoms with Gasteiger partial charge in [-0.15, -0.1) is 0 Å². The summed E-state index contributed by atoms with van der Waals surface area (Å²) in [7, 11) is 1.61. The normalized spacial score (nSPS) is 17.3. The van der Waals surface area contributed by atoms with Crippen LogP contribution in [0.5, 0.6) is 11.5 Å². The van der Waals surface area contributed by atoms with Crippen molar-refractivity contribution in [1.82, 2.24) is 4.90 Å². The van der Waals surface area contributed by atoms with Gasteiger partial charge in [0.25, 0.3) is 0 Å². The molecule has 31 heavy (non-hydrogen) atoms. The van der Waals surface area contributed by atoms with Crippen LogP contribution in [0.15, 0.2) is 76.4 Å². The largest absolute Gasteiger partial charge is 0.493 e. The number of benzene rings is 2. The molecular formula is C24H24N2O4S. The number of hydrogen-bond donors (Lipinski definition) is 0. The van der Waals surface area contributed by atoms with Crippen LogP contribution in [0.3, 0.4) is 0 Å². The number of amidine groups is 1. The van der Waals surface area contributed by atoms with E-state index >= 15 is 0 Å². The first-order valence-electron chi connectivity index (χ1n) is 10.0. The molecular weight excluding hydrogens is 412 g/mol. The summed E-state index contributed by atoms with van der Waals surface area (Å²) in [4.78, 5) is 19.4. The number of esters is 1. The van der Waals surface area contributed by atoms with Crippen molar-refractivity contribution in [2.24, 2.45) is 4.99 Å². The molecule has 6 nitrogen and oxygen atoms in total. The molecule has 0 aromatic heterocycles. The van der Waals surface area contributed by atoms with Gasteiger partial charge in [-0.3, -0.25) is 0 Å². The maximum Gasteiger partial charge on any atom is 0.338 e. The van der Waals surface area contributed by atoms with E-state index < -0.39 is 0 Å². The molecule has 0 saturated carbocycles. The number of methoxy groups -OCH3 is 1. The molecule has 0 aliphatic carbocycles. The third kappa shape index (κ3) is 4.32. The fourth-order valence-corrected chi connectivity index (χ4v) is 4.40. The van der Waals surface area contributed by atoms with Crippen molar-refractivity contribution in [3.05, 3.63) is 82.5 Å². The molecule has 2 heterocycles. The minimum Gasteiger partial charge on any atom is -0.493 e. The van der Waals surface area contributed by atoms with Crippen LogP contribution in [0, 0.1) is 0 Å². The Morgan fingerprint density at radius 1 is 1.16 bits per heavy atom. The fraction of sp³-hybridized carbons (Fsp3) is 0.250. The molecule has 0 spiro atoms. The van der Waals surface area contributed by atoms with Gasteiger partial charge in [-0.2, -0.15) is 0 Å². The predicted molar refractivity (Wildman–Crippen MR) is 122 cm³/mol. The predicted octanol–water partition coefficient (Wildman–Crippen LogP) is 5.04. The molecule has 2 aromatic carbocycles. The second-order valence-corrected chi connectivity index (χ2v) is 7.88. The second-order valence-electron chi connectivity index (χ2n) is 7.01. The number of rotatable bonds is 7. The van der Waals surface area contributed by atoms with E-state index in [0.29, 0.717) is 36.0 Å². The van der Waals surface area contributed by atoms with Gasteiger partial charge in [0.1, 0.15) is 6.61 Å². The van der Waals surface area contributed by atoms with Gasteiger partial charge in [0.05, 0.1) is 31.0 Å². The topological polar surface area (TPSA) is 60.4 Å². The average molecular weight is 437 g/mol. The number of hydrogen-bond acceptors (Lipinski definition) is 7. The lowest BCUT2D eigenvalue weighted by atomic mass is 9.94. The molecule has 2 aliphatic heterocycles. The first-order chi connectivity index (χ1) is 15.1. The van der Waals surface area contributed by atoms with Crippen LogP contribution in [0.2, 0.25) is 0 Å². The van der Waals surface area contributed by atoms with E-state index in [9.17, 15) is 4.79 Å². The van der Waals surface area contributed by atoms with E-state index in [1.165, 1.54) is 11.8 Å². The molecule has 1 atom stereocenters. The Kier molecular flexibility index (Phi) is 6.32. The summed E-state index contributed by atoms with van der Waals surface area (Å²) in [6, 6.07) is 15.4. The molecule has 4 rings (SSSR count). The lowest BCUT2D eigenvalue weighted by Gasteiger charge is -2.33. The van der Waals surface area contributed by atoms with E-state index in [1.807, 2.05) is 72.0 Å². The molecule has 2 aromatic rings. The standard InChI is InChI=1S/C24H24N2O4S/c1-4-29-23(27)21-16(2)25-24-26(12-13-31-24)22(21)18-10-11-19(20(14-18)28-3)30-15-17-8-6-5-7-9-17/h5-14,22H,4,15H2,1-3H3/t22-/m1/s1. The van der Waals surface area contributed by atoms with Crippen molar-refractivity contribution in [3.63, 3.8) is 0 Å². The number of thioether (sulfide) groups is 1. The Balaban J connectivity index is 1.67. The molecule has 2 aliphatic rings. The first kappa shape index (κ1) is 21.1.